The van der Waals surface area contributed by atoms with Crippen LogP contribution in [0.1, 0.15) is 48.1 Å². The van der Waals surface area contributed by atoms with Gasteiger partial charge in [-0.3, -0.25) is 9.48 Å². The van der Waals surface area contributed by atoms with E-state index in [1.165, 1.54) is 12.1 Å². The quantitative estimate of drug-likeness (QED) is 0.747. The molecule has 0 saturated heterocycles. The Morgan fingerprint density at radius 3 is 2.89 bits per heavy atom. The maximum absolute atomic E-state index is 13.6. The first-order valence-electron chi connectivity index (χ1n) is 8.97. The number of ether oxygens (including phenoxy) is 1. The molecular weight excluding hydrogens is 363 g/mol. The Hall–Kier alpha value is -3.16. The van der Waals surface area contributed by atoms with Gasteiger partial charge in [0.15, 0.2) is 5.69 Å². The van der Waals surface area contributed by atoms with Gasteiger partial charge in [-0.2, -0.15) is 5.10 Å². The number of hydrogen-bond acceptors (Lipinski definition) is 5. The number of aryl methyl sites for hydroxylation is 2. The molecule has 1 aromatic carbocycles. The number of carbonyl (C=O) groups is 1. The topological polar surface area (TPSA) is 82.2 Å². The summed E-state index contributed by atoms with van der Waals surface area (Å²) in [6, 6.07) is 4.02. The Labute approximate surface area is 161 Å². The molecule has 3 aromatic rings. The fourth-order valence-corrected chi connectivity index (χ4v) is 3.44. The predicted octanol–water partition coefficient (Wildman–Crippen LogP) is 3.55. The van der Waals surface area contributed by atoms with Crippen LogP contribution in [0, 0.1) is 12.7 Å². The molecule has 0 spiro atoms. The third kappa shape index (κ3) is 3.37. The molecule has 1 amide bonds. The Kier molecular flexibility index (Phi) is 4.21. The lowest BCUT2D eigenvalue weighted by Crippen LogP contribution is -2.41. The van der Waals surface area contributed by atoms with E-state index >= 15 is 0 Å². The highest BCUT2D eigenvalue weighted by Gasteiger charge is 2.35. The van der Waals surface area contributed by atoms with E-state index in [0.29, 0.717) is 29.4 Å². The van der Waals surface area contributed by atoms with Gasteiger partial charge in [0.25, 0.3) is 5.91 Å². The lowest BCUT2D eigenvalue weighted by atomic mass is 9.89. The van der Waals surface area contributed by atoms with Crippen molar-refractivity contribution in [3.05, 3.63) is 53.4 Å². The zero-order valence-electron chi connectivity index (χ0n) is 16.1. The number of fused-ring (bicyclic) bond motifs is 1. The Morgan fingerprint density at radius 1 is 1.39 bits per heavy atom. The van der Waals surface area contributed by atoms with E-state index in [-0.39, 0.29) is 23.5 Å². The first-order chi connectivity index (χ1) is 13.2. The van der Waals surface area contributed by atoms with Crippen molar-refractivity contribution in [3.63, 3.8) is 0 Å². The molecule has 1 aliphatic heterocycles. The van der Waals surface area contributed by atoms with Gasteiger partial charge in [0.2, 0.25) is 5.89 Å². The third-order valence-corrected chi connectivity index (χ3v) is 4.70. The number of oxazole rings is 1. The second kappa shape index (κ2) is 6.47. The summed E-state index contributed by atoms with van der Waals surface area (Å²) >= 11 is 0. The van der Waals surface area contributed by atoms with Crippen LogP contribution in [0.2, 0.25) is 0 Å². The molecule has 0 radical (unpaired) electrons. The summed E-state index contributed by atoms with van der Waals surface area (Å²) in [7, 11) is 1.79. The maximum Gasteiger partial charge on any atom is 0.274 e. The van der Waals surface area contributed by atoms with Crippen molar-refractivity contribution in [3.8, 4) is 17.2 Å². The van der Waals surface area contributed by atoms with E-state index in [2.05, 4.69) is 15.4 Å². The summed E-state index contributed by atoms with van der Waals surface area (Å²) in [5, 5.41) is 7.08. The van der Waals surface area contributed by atoms with Gasteiger partial charge < -0.3 is 14.5 Å². The van der Waals surface area contributed by atoms with E-state index in [1.54, 1.807) is 37.1 Å². The summed E-state index contributed by atoms with van der Waals surface area (Å²) in [5.41, 5.74) is 1.10. The number of benzene rings is 1. The van der Waals surface area contributed by atoms with Crippen molar-refractivity contribution in [2.75, 3.05) is 0 Å². The van der Waals surface area contributed by atoms with Crippen LogP contribution in [-0.4, -0.2) is 26.3 Å². The average molecular weight is 384 g/mol. The predicted molar refractivity (Wildman–Crippen MR) is 99.4 cm³/mol. The van der Waals surface area contributed by atoms with Crippen LogP contribution in [0.4, 0.5) is 4.39 Å². The molecule has 0 fully saturated rings. The third-order valence-electron chi connectivity index (χ3n) is 4.70. The monoisotopic (exact) mass is 384 g/mol. The van der Waals surface area contributed by atoms with Gasteiger partial charge >= 0.3 is 0 Å². The van der Waals surface area contributed by atoms with Crippen LogP contribution in [0.5, 0.6) is 5.75 Å². The van der Waals surface area contributed by atoms with Gasteiger partial charge in [-0.1, -0.05) is 6.07 Å². The van der Waals surface area contributed by atoms with E-state index < -0.39 is 5.60 Å². The Balaban J connectivity index is 1.61. The van der Waals surface area contributed by atoms with Gasteiger partial charge in [0, 0.05) is 31.3 Å². The van der Waals surface area contributed by atoms with Gasteiger partial charge in [-0.15, -0.1) is 0 Å². The average Bonchev–Trinajstić information content (AvgIpc) is 3.19. The number of nitrogens with one attached hydrogen (secondary N) is 1. The fourth-order valence-electron chi connectivity index (χ4n) is 3.44. The lowest BCUT2D eigenvalue weighted by molar-refractivity contribution is 0.0614. The van der Waals surface area contributed by atoms with Crippen LogP contribution in [0.3, 0.4) is 0 Å². The molecule has 0 saturated carbocycles. The van der Waals surface area contributed by atoms with Crippen molar-refractivity contribution in [1.82, 2.24) is 20.1 Å². The zero-order chi connectivity index (χ0) is 20.1. The number of nitrogens with zero attached hydrogens (tertiary/aromatic N) is 3. The molecule has 4 rings (SSSR count). The summed E-state index contributed by atoms with van der Waals surface area (Å²) in [4.78, 5) is 17.2. The number of carbonyl (C=O) groups excluding carboxylic acids is 1. The summed E-state index contributed by atoms with van der Waals surface area (Å²) in [5.74, 6) is 0.464. The molecule has 146 valence electrons. The number of amides is 1. The maximum atomic E-state index is 13.6. The molecule has 1 N–H and O–H groups in total. The zero-order valence-corrected chi connectivity index (χ0v) is 16.1. The van der Waals surface area contributed by atoms with Crippen LogP contribution in [-0.2, 0) is 7.05 Å². The van der Waals surface area contributed by atoms with Crippen LogP contribution in [0.15, 0.2) is 35.0 Å². The van der Waals surface area contributed by atoms with Crippen LogP contribution < -0.4 is 10.1 Å². The number of halogens is 1. The van der Waals surface area contributed by atoms with Crippen molar-refractivity contribution in [1.29, 1.82) is 0 Å². The van der Waals surface area contributed by atoms with Crippen molar-refractivity contribution in [2.45, 2.75) is 38.8 Å². The summed E-state index contributed by atoms with van der Waals surface area (Å²) in [6.07, 6.45) is 3.93. The molecule has 0 aliphatic carbocycles. The molecule has 3 heterocycles. The van der Waals surface area contributed by atoms with Crippen LogP contribution >= 0.6 is 0 Å². The first-order valence-corrected chi connectivity index (χ1v) is 8.97. The standard InChI is InChI=1S/C20H21FN4O3/c1-11-17(24-19(27-11)12-9-22-25(4)10-12)18(26)23-15-8-20(2,3)28-16-7-13(21)5-6-14(15)16/h5-7,9-10,15H,8H2,1-4H3,(H,23,26). The van der Waals surface area contributed by atoms with Crippen LogP contribution in [0.25, 0.3) is 11.5 Å². The van der Waals surface area contributed by atoms with Crippen molar-refractivity contribution >= 4 is 5.91 Å². The van der Waals surface area contributed by atoms with Crippen molar-refractivity contribution in [2.24, 2.45) is 7.05 Å². The van der Waals surface area contributed by atoms with E-state index in [4.69, 9.17) is 9.15 Å². The molecular formula is C20H21FN4O3. The molecule has 28 heavy (non-hydrogen) atoms. The largest absolute Gasteiger partial charge is 0.487 e. The van der Waals surface area contributed by atoms with Gasteiger partial charge in [0.1, 0.15) is 22.9 Å². The van der Waals surface area contributed by atoms with Crippen molar-refractivity contribution < 1.29 is 18.3 Å². The number of rotatable bonds is 3. The molecule has 0 bridgehead atoms. The second-order valence-electron chi connectivity index (χ2n) is 7.60. The number of aromatic nitrogens is 3. The summed E-state index contributed by atoms with van der Waals surface area (Å²) in [6.45, 7) is 5.50. The SMILES string of the molecule is Cc1oc(-c2cnn(C)c2)nc1C(=O)NC1CC(C)(C)Oc2cc(F)ccc21. The van der Waals surface area contributed by atoms with E-state index in [0.717, 1.165) is 5.56 Å². The Bertz CT molecular complexity index is 1050. The Morgan fingerprint density at radius 2 is 2.18 bits per heavy atom. The highest BCUT2D eigenvalue weighted by Crippen LogP contribution is 2.40. The molecule has 2 aromatic heterocycles. The minimum Gasteiger partial charge on any atom is -0.487 e. The van der Waals surface area contributed by atoms with E-state index in [1.807, 2.05) is 13.8 Å². The second-order valence-corrected chi connectivity index (χ2v) is 7.60. The molecule has 1 unspecified atom stereocenters. The number of hydrogen-bond donors (Lipinski definition) is 1. The molecule has 1 aliphatic rings. The van der Waals surface area contributed by atoms with E-state index in [9.17, 15) is 9.18 Å². The van der Waals surface area contributed by atoms with Gasteiger partial charge in [0.05, 0.1) is 17.8 Å². The smallest absolute Gasteiger partial charge is 0.274 e. The van der Waals surface area contributed by atoms with Gasteiger partial charge in [-0.25, -0.2) is 9.37 Å². The van der Waals surface area contributed by atoms with Gasteiger partial charge in [-0.05, 0) is 26.8 Å². The molecule has 8 heteroatoms. The minimum atomic E-state index is -0.543. The first kappa shape index (κ1) is 18.2. The highest BCUT2D eigenvalue weighted by molar-refractivity contribution is 5.94. The normalized spacial score (nSPS) is 17.7. The fraction of sp³-hybridized carbons (Fsp3) is 0.350. The summed E-state index contributed by atoms with van der Waals surface area (Å²) < 4.78 is 26.8. The molecule has 7 nitrogen and oxygen atoms in total. The minimum absolute atomic E-state index is 0.215. The molecule has 1 atom stereocenters. The highest BCUT2D eigenvalue weighted by atomic mass is 19.1. The lowest BCUT2D eigenvalue weighted by Gasteiger charge is -2.37.